The molecule has 0 unspecified atom stereocenters. The first-order chi connectivity index (χ1) is 24.4. The highest BCUT2D eigenvalue weighted by Crippen LogP contribution is 2.43. The molecule has 2 aliphatic heterocycles. The molecule has 0 spiro atoms. The number of dihydropyridines is 2. The minimum Gasteiger partial charge on any atom is -0.468 e. The molecule has 6 rings (SSSR count). The SMILES string of the molecule is CC1=C(C(=O)Nc2ccccc2)[C@H](c2ccco2)C(C#N)=C(SCCSC2=C(C#N)[C@H](c3ccco3)C(C(=O)Nc3ccccc3)=C(C)N2)N1. The summed E-state index contributed by atoms with van der Waals surface area (Å²) in [5.41, 5.74) is 4.04. The average Bonchev–Trinajstić information content (AvgIpc) is 3.86. The highest BCUT2D eigenvalue weighted by Gasteiger charge is 2.38. The van der Waals surface area contributed by atoms with Crippen LogP contribution in [0.15, 0.2) is 150 Å². The third-order valence-electron chi connectivity index (χ3n) is 8.08. The molecule has 0 saturated heterocycles. The number of benzene rings is 2. The van der Waals surface area contributed by atoms with Crippen LogP contribution >= 0.6 is 23.5 Å². The zero-order chi connectivity index (χ0) is 35.0. The first kappa shape index (κ1) is 34.1. The molecule has 10 nitrogen and oxygen atoms in total. The summed E-state index contributed by atoms with van der Waals surface area (Å²) in [6.07, 6.45) is 3.05. The van der Waals surface area contributed by atoms with Crippen molar-refractivity contribution in [2.45, 2.75) is 25.7 Å². The molecule has 0 fully saturated rings. The lowest BCUT2D eigenvalue weighted by molar-refractivity contribution is -0.114. The van der Waals surface area contributed by atoms with Crippen LogP contribution < -0.4 is 21.3 Å². The first-order valence-electron chi connectivity index (χ1n) is 15.7. The van der Waals surface area contributed by atoms with Gasteiger partial charge in [-0.2, -0.15) is 10.5 Å². The molecular formula is C38H32N6O4S2. The Labute approximate surface area is 298 Å². The largest absolute Gasteiger partial charge is 0.468 e. The number of nitrogens with one attached hydrogen (secondary N) is 4. The fraction of sp³-hybridized carbons (Fsp3) is 0.158. The maximum Gasteiger partial charge on any atom is 0.254 e. The van der Waals surface area contributed by atoms with Crippen LogP contribution in [0.4, 0.5) is 11.4 Å². The van der Waals surface area contributed by atoms with E-state index in [9.17, 15) is 20.1 Å². The Bertz CT molecular complexity index is 1940. The van der Waals surface area contributed by atoms with E-state index in [4.69, 9.17) is 8.83 Å². The van der Waals surface area contributed by atoms with Gasteiger partial charge < -0.3 is 30.1 Å². The Balaban J connectivity index is 1.20. The lowest BCUT2D eigenvalue weighted by Gasteiger charge is -2.29. The van der Waals surface area contributed by atoms with Gasteiger partial charge in [0.1, 0.15) is 11.5 Å². The Hall–Kier alpha value is -5.82. The Morgan fingerprint density at radius 3 is 1.40 bits per heavy atom. The highest BCUT2D eigenvalue weighted by molar-refractivity contribution is 8.06. The normalized spacial score (nSPS) is 17.4. The second-order valence-electron chi connectivity index (χ2n) is 11.3. The molecule has 2 aliphatic rings. The van der Waals surface area contributed by atoms with Gasteiger partial charge in [-0.1, -0.05) is 36.4 Å². The van der Waals surface area contributed by atoms with Gasteiger partial charge in [0, 0.05) is 34.3 Å². The van der Waals surface area contributed by atoms with Crippen LogP contribution in [0, 0.1) is 22.7 Å². The molecule has 4 heterocycles. The van der Waals surface area contributed by atoms with Crippen LogP contribution in [-0.4, -0.2) is 23.3 Å². The van der Waals surface area contributed by atoms with Gasteiger partial charge in [-0.3, -0.25) is 9.59 Å². The first-order valence-corrected chi connectivity index (χ1v) is 17.7. The number of nitriles is 2. The number of furan rings is 2. The second kappa shape index (κ2) is 15.6. The van der Waals surface area contributed by atoms with Gasteiger partial charge in [0.05, 0.1) is 68.9 Å². The maximum absolute atomic E-state index is 13.6. The topological polar surface area (TPSA) is 156 Å². The summed E-state index contributed by atoms with van der Waals surface area (Å²) in [5, 5.41) is 34.5. The van der Waals surface area contributed by atoms with Gasteiger partial charge in [0.25, 0.3) is 11.8 Å². The number of allylic oxidation sites excluding steroid dienone is 4. The van der Waals surface area contributed by atoms with E-state index in [1.165, 1.54) is 36.1 Å². The van der Waals surface area contributed by atoms with E-state index < -0.39 is 11.8 Å². The zero-order valence-corrected chi connectivity index (χ0v) is 28.8. The summed E-state index contributed by atoms with van der Waals surface area (Å²) in [7, 11) is 0. The van der Waals surface area contributed by atoms with Gasteiger partial charge in [0.15, 0.2) is 0 Å². The van der Waals surface area contributed by atoms with Gasteiger partial charge in [-0.15, -0.1) is 23.5 Å². The molecule has 50 heavy (non-hydrogen) atoms. The number of amides is 2. The predicted molar refractivity (Wildman–Crippen MR) is 195 cm³/mol. The van der Waals surface area contributed by atoms with Crippen molar-refractivity contribution in [1.82, 2.24) is 10.6 Å². The third kappa shape index (κ3) is 7.27. The van der Waals surface area contributed by atoms with E-state index in [-0.39, 0.29) is 11.8 Å². The van der Waals surface area contributed by atoms with Gasteiger partial charge in [-0.25, -0.2) is 0 Å². The minimum absolute atomic E-state index is 0.333. The third-order valence-corrected chi connectivity index (χ3v) is 10.4. The Morgan fingerprint density at radius 1 is 0.660 bits per heavy atom. The summed E-state index contributed by atoms with van der Waals surface area (Å²) in [6, 6.07) is 29.9. The quantitative estimate of drug-likeness (QED) is 0.114. The van der Waals surface area contributed by atoms with E-state index in [0.717, 1.165) is 0 Å². The van der Waals surface area contributed by atoms with Crippen molar-refractivity contribution in [2.24, 2.45) is 0 Å². The molecule has 2 aromatic heterocycles. The smallest absolute Gasteiger partial charge is 0.254 e. The van der Waals surface area contributed by atoms with Crippen LogP contribution in [0.1, 0.15) is 37.2 Å². The molecule has 0 bridgehead atoms. The fourth-order valence-electron chi connectivity index (χ4n) is 5.86. The van der Waals surface area contributed by atoms with Crippen molar-refractivity contribution in [3.05, 3.63) is 153 Å². The van der Waals surface area contributed by atoms with Crippen LogP contribution in [0.25, 0.3) is 0 Å². The van der Waals surface area contributed by atoms with Crippen LogP contribution in [0.5, 0.6) is 0 Å². The summed E-state index contributed by atoms with van der Waals surface area (Å²) in [4.78, 5) is 27.1. The van der Waals surface area contributed by atoms with Crippen molar-refractivity contribution >= 4 is 46.7 Å². The number of thioether (sulfide) groups is 2. The molecule has 0 radical (unpaired) electrons. The summed E-state index contributed by atoms with van der Waals surface area (Å²) >= 11 is 2.89. The van der Waals surface area contributed by atoms with E-state index in [2.05, 4.69) is 33.4 Å². The Kier molecular flexibility index (Phi) is 10.6. The molecule has 4 aromatic rings. The fourth-order valence-corrected chi connectivity index (χ4v) is 8.03. The van der Waals surface area contributed by atoms with E-state index in [0.29, 0.717) is 78.1 Å². The number of carbonyl (C=O) groups is 2. The van der Waals surface area contributed by atoms with Gasteiger partial charge in [-0.05, 0) is 62.4 Å². The average molecular weight is 701 g/mol. The number of hydrogen-bond acceptors (Lipinski definition) is 10. The Morgan fingerprint density at radius 2 is 1.06 bits per heavy atom. The van der Waals surface area contributed by atoms with E-state index in [1.54, 1.807) is 48.5 Å². The van der Waals surface area contributed by atoms with Crippen LogP contribution in [0.3, 0.4) is 0 Å². The van der Waals surface area contributed by atoms with E-state index >= 15 is 0 Å². The van der Waals surface area contributed by atoms with Gasteiger partial charge >= 0.3 is 0 Å². The predicted octanol–water partition coefficient (Wildman–Crippen LogP) is 7.71. The number of anilines is 2. The van der Waals surface area contributed by atoms with Crippen molar-refractivity contribution in [3.63, 3.8) is 0 Å². The maximum atomic E-state index is 13.6. The van der Waals surface area contributed by atoms with Crippen molar-refractivity contribution < 1.29 is 18.4 Å². The molecule has 2 aromatic carbocycles. The highest BCUT2D eigenvalue weighted by atomic mass is 32.2. The van der Waals surface area contributed by atoms with Crippen molar-refractivity contribution in [1.29, 1.82) is 10.5 Å². The summed E-state index contributed by atoms with van der Waals surface area (Å²) < 4.78 is 11.5. The molecule has 0 aliphatic carbocycles. The number of rotatable bonds is 11. The number of nitrogens with zero attached hydrogens (tertiary/aromatic N) is 2. The van der Waals surface area contributed by atoms with E-state index in [1.807, 2.05) is 50.2 Å². The number of carbonyl (C=O) groups excluding carboxylic acids is 2. The lowest BCUT2D eigenvalue weighted by Crippen LogP contribution is -2.31. The monoisotopic (exact) mass is 700 g/mol. The molecule has 0 saturated carbocycles. The van der Waals surface area contributed by atoms with Crippen LogP contribution in [0.2, 0.25) is 0 Å². The molecule has 12 heteroatoms. The molecule has 4 N–H and O–H groups in total. The number of hydrogen-bond donors (Lipinski definition) is 4. The minimum atomic E-state index is -0.703. The van der Waals surface area contributed by atoms with Crippen LogP contribution in [-0.2, 0) is 9.59 Å². The zero-order valence-electron chi connectivity index (χ0n) is 27.2. The van der Waals surface area contributed by atoms with Gasteiger partial charge in [0.2, 0.25) is 0 Å². The molecular weight excluding hydrogens is 669 g/mol. The molecule has 2 amide bonds. The summed E-state index contributed by atoms with van der Waals surface area (Å²) in [6.45, 7) is 3.62. The molecule has 2 atom stereocenters. The second-order valence-corrected chi connectivity index (χ2v) is 13.5. The standard InChI is InChI=1S/C38H32N6O4S2/c1-23-31(35(45)43-25-11-5-3-6-12-25)33(29-15-9-17-47-29)27(21-39)37(41-23)49-19-20-50-38-28(22-40)34(30-16-10-18-48-30)32(24(2)42-38)36(46)44-26-13-7-4-8-14-26/h3-18,33-34,41-42H,19-20H2,1-2H3,(H,43,45)(H,44,46)/t33-,34+. The molecule has 250 valence electrons. The summed E-state index contributed by atoms with van der Waals surface area (Å²) in [5.74, 6) is 0.0167. The van der Waals surface area contributed by atoms with Crippen molar-refractivity contribution in [2.75, 3.05) is 22.1 Å². The van der Waals surface area contributed by atoms with Crippen molar-refractivity contribution in [3.8, 4) is 12.1 Å². The lowest BCUT2D eigenvalue weighted by atomic mass is 9.85. The number of para-hydroxylation sites is 2.